The van der Waals surface area contributed by atoms with E-state index in [0.717, 1.165) is 16.7 Å². The third-order valence-corrected chi connectivity index (χ3v) is 4.00. The van der Waals surface area contributed by atoms with Gasteiger partial charge in [-0.25, -0.2) is 0 Å². The highest BCUT2D eigenvalue weighted by molar-refractivity contribution is 6.02. The van der Waals surface area contributed by atoms with Crippen molar-refractivity contribution in [2.75, 3.05) is 6.54 Å². The van der Waals surface area contributed by atoms with Crippen LogP contribution in [0.4, 0.5) is 0 Å². The van der Waals surface area contributed by atoms with Gasteiger partial charge in [0.15, 0.2) is 0 Å². The van der Waals surface area contributed by atoms with Crippen LogP contribution in [0.15, 0.2) is 18.2 Å². The Morgan fingerprint density at radius 2 is 1.86 bits per heavy atom. The molecule has 1 atom stereocenters. The van der Waals surface area contributed by atoms with Gasteiger partial charge in [-0.3, -0.25) is 19.3 Å². The molecule has 1 aromatic carbocycles. The molecule has 0 spiro atoms. The van der Waals surface area contributed by atoms with E-state index in [2.05, 4.69) is 11.4 Å². The second-order valence-electron chi connectivity index (χ2n) is 5.84. The van der Waals surface area contributed by atoms with Crippen LogP contribution in [0, 0.1) is 13.8 Å². The highest BCUT2D eigenvalue weighted by Gasteiger charge is 2.28. The summed E-state index contributed by atoms with van der Waals surface area (Å²) in [5.41, 5.74) is 3.36. The lowest BCUT2D eigenvalue weighted by Gasteiger charge is -2.18. The number of carbonyl (C=O) groups excluding carboxylic acids is 3. The Bertz CT molecular complexity index is 594. The molecule has 22 heavy (non-hydrogen) atoms. The minimum Gasteiger partial charge on any atom is -0.350 e. The van der Waals surface area contributed by atoms with E-state index >= 15 is 0 Å². The van der Waals surface area contributed by atoms with Crippen LogP contribution in [-0.4, -0.2) is 29.2 Å². The summed E-state index contributed by atoms with van der Waals surface area (Å²) in [4.78, 5) is 36.2. The molecule has 1 heterocycles. The summed E-state index contributed by atoms with van der Waals surface area (Å²) < 4.78 is 0. The Kier molecular flexibility index (Phi) is 4.96. The van der Waals surface area contributed by atoms with Gasteiger partial charge in [-0.1, -0.05) is 23.8 Å². The number of imide groups is 1. The lowest BCUT2D eigenvalue weighted by molar-refractivity contribution is -0.138. The minimum absolute atomic E-state index is 0.0996. The molecule has 0 saturated carbocycles. The van der Waals surface area contributed by atoms with Crippen molar-refractivity contribution < 1.29 is 14.4 Å². The number of aryl methyl sites for hydroxylation is 2. The zero-order valence-electron chi connectivity index (χ0n) is 13.3. The molecular formula is C17H22N2O3. The first kappa shape index (κ1) is 16.2. The normalized spacial score (nSPS) is 16.0. The fraction of sp³-hybridized carbons (Fsp3) is 0.471. The number of benzene rings is 1. The molecule has 0 unspecified atom stereocenters. The molecule has 5 heteroatoms. The van der Waals surface area contributed by atoms with E-state index < -0.39 is 0 Å². The summed E-state index contributed by atoms with van der Waals surface area (Å²) in [5, 5.41) is 2.93. The van der Waals surface area contributed by atoms with Gasteiger partial charge < -0.3 is 5.32 Å². The van der Waals surface area contributed by atoms with E-state index in [-0.39, 0.29) is 49.6 Å². The van der Waals surface area contributed by atoms with Crippen molar-refractivity contribution in [3.8, 4) is 0 Å². The van der Waals surface area contributed by atoms with Gasteiger partial charge in [-0.2, -0.15) is 0 Å². The number of rotatable bonds is 5. The van der Waals surface area contributed by atoms with Crippen LogP contribution in [0.3, 0.4) is 0 Å². The monoisotopic (exact) mass is 302 g/mol. The van der Waals surface area contributed by atoms with Crippen LogP contribution in [0.5, 0.6) is 0 Å². The van der Waals surface area contributed by atoms with Crippen LogP contribution >= 0.6 is 0 Å². The van der Waals surface area contributed by atoms with E-state index in [1.807, 2.05) is 32.9 Å². The summed E-state index contributed by atoms with van der Waals surface area (Å²) in [6.07, 6.45) is 0.672. The van der Waals surface area contributed by atoms with Gasteiger partial charge >= 0.3 is 0 Å². The van der Waals surface area contributed by atoms with Gasteiger partial charge in [0, 0.05) is 25.8 Å². The smallest absolute Gasteiger partial charge is 0.229 e. The Morgan fingerprint density at radius 3 is 2.50 bits per heavy atom. The third kappa shape index (κ3) is 3.72. The fourth-order valence-electron chi connectivity index (χ4n) is 2.70. The lowest BCUT2D eigenvalue weighted by atomic mass is 10.00. The van der Waals surface area contributed by atoms with Crippen molar-refractivity contribution in [1.82, 2.24) is 10.2 Å². The van der Waals surface area contributed by atoms with Gasteiger partial charge in [0.2, 0.25) is 17.7 Å². The average Bonchev–Trinajstić information content (AvgIpc) is 2.78. The van der Waals surface area contributed by atoms with Crippen molar-refractivity contribution >= 4 is 17.7 Å². The first-order valence-electron chi connectivity index (χ1n) is 7.58. The molecule has 1 N–H and O–H groups in total. The quantitative estimate of drug-likeness (QED) is 0.846. The van der Waals surface area contributed by atoms with E-state index in [0.29, 0.717) is 0 Å². The summed E-state index contributed by atoms with van der Waals surface area (Å²) in [5.74, 6) is -0.512. The summed E-state index contributed by atoms with van der Waals surface area (Å²) in [6, 6.07) is 6.04. The molecule has 1 saturated heterocycles. The second kappa shape index (κ2) is 6.73. The average molecular weight is 302 g/mol. The summed E-state index contributed by atoms with van der Waals surface area (Å²) in [7, 11) is 0. The Balaban J connectivity index is 1.90. The zero-order valence-corrected chi connectivity index (χ0v) is 13.3. The van der Waals surface area contributed by atoms with E-state index in [1.165, 1.54) is 4.90 Å². The first-order valence-corrected chi connectivity index (χ1v) is 7.58. The number of carbonyl (C=O) groups is 3. The minimum atomic E-state index is -0.180. The van der Waals surface area contributed by atoms with Crippen molar-refractivity contribution in [2.24, 2.45) is 0 Å². The number of amides is 3. The van der Waals surface area contributed by atoms with Crippen LogP contribution in [0.25, 0.3) is 0 Å². The maximum absolute atomic E-state index is 12.0. The standard InChI is InChI=1S/C17H22N2O3/c1-11-4-5-12(2)14(10-11)13(3)18-15(20)8-9-19-16(21)6-7-17(19)22/h4-5,10,13H,6-9H2,1-3H3,(H,18,20)/t13-/m1/s1. The van der Waals surface area contributed by atoms with Gasteiger partial charge in [0.25, 0.3) is 0 Å². The molecule has 1 aliphatic rings. The van der Waals surface area contributed by atoms with Crippen molar-refractivity contribution in [1.29, 1.82) is 0 Å². The molecule has 5 nitrogen and oxygen atoms in total. The lowest BCUT2D eigenvalue weighted by Crippen LogP contribution is -2.35. The number of hydrogen-bond donors (Lipinski definition) is 1. The fourth-order valence-corrected chi connectivity index (χ4v) is 2.70. The van der Waals surface area contributed by atoms with Gasteiger partial charge in [0.05, 0.1) is 6.04 Å². The van der Waals surface area contributed by atoms with Crippen molar-refractivity contribution in [3.63, 3.8) is 0 Å². The third-order valence-electron chi connectivity index (χ3n) is 4.00. The Morgan fingerprint density at radius 1 is 1.23 bits per heavy atom. The van der Waals surface area contributed by atoms with Crippen molar-refractivity contribution in [3.05, 3.63) is 34.9 Å². The Hall–Kier alpha value is -2.17. The predicted octanol–water partition coefficient (Wildman–Crippen LogP) is 2.02. The van der Waals surface area contributed by atoms with E-state index in [9.17, 15) is 14.4 Å². The molecule has 0 radical (unpaired) electrons. The SMILES string of the molecule is Cc1ccc(C)c([C@@H](C)NC(=O)CCN2C(=O)CCC2=O)c1. The van der Waals surface area contributed by atoms with Gasteiger partial charge in [-0.15, -0.1) is 0 Å². The van der Waals surface area contributed by atoms with Crippen molar-refractivity contribution in [2.45, 2.75) is 46.1 Å². The molecule has 1 fully saturated rings. The maximum atomic E-state index is 12.0. The van der Waals surface area contributed by atoms with Gasteiger partial charge in [-0.05, 0) is 31.9 Å². The van der Waals surface area contributed by atoms with E-state index in [1.54, 1.807) is 0 Å². The Labute approximate surface area is 130 Å². The van der Waals surface area contributed by atoms with E-state index in [4.69, 9.17) is 0 Å². The first-order chi connectivity index (χ1) is 10.4. The summed E-state index contributed by atoms with van der Waals surface area (Å²) >= 11 is 0. The van der Waals surface area contributed by atoms with Crippen LogP contribution in [0.2, 0.25) is 0 Å². The number of hydrogen-bond acceptors (Lipinski definition) is 3. The second-order valence-corrected chi connectivity index (χ2v) is 5.84. The molecule has 0 aliphatic carbocycles. The number of nitrogens with one attached hydrogen (secondary N) is 1. The molecule has 0 bridgehead atoms. The number of nitrogens with zero attached hydrogens (tertiary/aromatic N) is 1. The zero-order chi connectivity index (χ0) is 16.3. The number of likely N-dealkylation sites (tertiary alicyclic amines) is 1. The molecular weight excluding hydrogens is 280 g/mol. The van der Waals surface area contributed by atoms with Crippen LogP contribution in [-0.2, 0) is 14.4 Å². The summed E-state index contributed by atoms with van der Waals surface area (Å²) in [6.45, 7) is 6.13. The molecule has 2 rings (SSSR count). The van der Waals surface area contributed by atoms with Crippen LogP contribution < -0.4 is 5.32 Å². The molecule has 1 aromatic rings. The predicted molar refractivity (Wildman–Crippen MR) is 83.0 cm³/mol. The largest absolute Gasteiger partial charge is 0.350 e. The van der Waals surface area contributed by atoms with Gasteiger partial charge in [0.1, 0.15) is 0 Å². The highest BCUT2D eigenvalue weighted by Crippen LogP contribution is 2.19. The molecule has 1 aliphatic heterocycles. The highest BCUT2D eigenvalue weighted by atomic mass is 16.2. The molecule has 0 aromatic heterocycles. The maximum Gasteiger partial charge on any atom is 0.229 e. The molecule has 3 amide bonds. The molecule has 118 valence electrons. The topological polar surface area (TPSA) is 66.5 Å². The van der Waals surface area contributed by atoms with Crippen LogP contribution in [0.1, 0.15) is 48.9 Å².